The van der Waals surface area contributed by atoms with Crippen molar-refractivity contribution in [2.75, 3.05) is 25.9 Å². The van der Waals surface area contributed by atoms with Gasteiger partial charge in [0.05, 0.1) is 18.7 Å². The molecule has 0 aromatic heterocycles. The number of carbonyl (C=O) groups excluding carboxylic acids is 1. The molecule has 1 aromatic carbocycles. The number of anilines is 1. The van der Waals surface area contributed by atoms with E-state index in [-0.39, 0.29) is 17.1 Å². The number of nitrogens with two attached hydrogens (primary N) is 1. The number of ether oxygens (including phenoxy) is 1. The minimum atomic E-state index is -3.85. The zero-order chi connectivity index (χ0) is 15.6. The van der Waals surface area contributed by atoms with Crippen LogP contribution in [0.4, 0.5) is 10.1 Å². The Morgan fingerprint density at radius 1 is 1.48 bits per heavy atom. The highest BCUT2D eigenvalue weighted by Crippen LogP contribution is 2.27. The van der Waals surface area contributed by atoms with Gasteiger partial charge >= 0.3 is 5.97 Å². The van der Waals surface area contributed by atoms with E-state index >= 15 is 0 Å². The third-order valence-electron chi connectivity index (χ3n) is 3.51. The van der Waals surface area contributed by atoms with Crippen LogP contribution in [-0.2, 0) is 19.6 Å². The van der Waals surface area contributed by atoms with Crippen LogP contribution in [0.1, 0.15) is 12.8 Å². The molecule has 1 aromatic rings. The molecule has 1 fully saturated rings. The first-order valence-corrected chi connectivity index (χ1v) is 7.93. The number of benzene rings is 1. The first kappa shape index (κ1) is 15.7. The van der Waals surface area contributed by atoms with Crippen LogP contribution < -0.4 is 5.73 Å². The number of halogens is 1. The highest BCUT2D eigenvalue weighted by Gasteiger charge is 2.34. The van der Waals surface area contributed by atoms with Crippen molar-refractivity contribution in [3.63, 3.8) is 0 Å². The lowest BCUT2D eigenvalue weighted by Gasteiger charge is -2.30. The maximum absolute atomic E-state index is 13.0. The highest BCUT2D eigenvalue weighted by molar-refractivity contribution is 7.89. The second kappa shape index (κ2) is 5.98. The van der Waals surface area contributed by atoms with Crippen molar-refractivity contribution >= 4 is 21.7 Å². The van der Waals surface area contributed by atoms with Gasteiger partial charge < -0.3 is 10.5 Å². The fourth-order valence-corrected chi connectivity index (χ4v) is 4.03. The summed E-state index contributed by atoms with van der Waals surface area (Å²) < 4.78 is 44.0. The number of rotatable bonds is 3. The Kier molecular flexibility index (Phi) is 4.48. The fourth-order valence-electron chi connectivity index (χ4n) is 2.41. The third kappa shape index (κ3) is 3.16. The highest BCUT2D eigenvalue weighted by atomic mass is 32.2. The largest absolute Gasteiger partial charge is 0.469 e. The summed E-state index contributed by atoms with van der Waals surface area (Å²) in [5.41, 5.74) is 5.45. The molecule has 0 saturated carbocycles. The van der Waals surface area contributed by atoms with Crippen molar-refractivity contribution in [1.29, 1.82) is 0 Å². The van der Waals surface area contributed by atoms with E-state index in [9.17, 15) is 17.6 Å². The van der Waals surface area contributed by atoms with Crippen LogP contribution in [0.2, 0.25) is 0 Å². The van der Waals surface area contributed by atoms with Crippen molar-refractivity contribution < 1.29 is 22.3 Å². The summed E-state index contributed by atoms with van der Waals surface area (Å²) in [6.45, 7) is 0.346. The molecule has 6 nitrogen and oxygen atoms in total. The lowest BCUT2D eigenvalue weighted by atomic mass is 10.0. The Morgan fingerprint density at radius 3 is 2.81 bits per heavy atom. The number of hydrogen-bond donors (Lipinski definition) is 1. The monoisotopic (exact) mass is 316 g/mol. The van der Waals surface area contributed by atoms with Gasteiger partial charge in [0, 0.05) is 13.1 Å². The van der Waals surface area contributed by atoms with E-state index in [1.165, 1.54) is 11.4 Å². The Hall–Kier alpha value is -1.67. The molecule has 0 amide bonds. The molecule has 116 valence electrons. The van der Waals surface area contributed by atoms with Crippen molar-refractivity contribution in [3.8, 4) is 0 Å². The fraction of sp³-hybridized carbons (Fsp3) is 0.462. The molecular formula is C13H17FN2O4S. The molecule has 0 aliphatic carbocycles. The Bertz CT molecular complexity index is 648. The van der Waals surface area contributed by atoms with Gasteiger partial charge in [0.2, 0.25) is 10.0 Å². The zero-order valence-electron chi connectivity index (χ0n) is 11.6. The standard InChI is InChI=1S/C13H17FN2O4S/c1-20-13(17)9-3-2-6-16(8-9)21(18,19)12-5-4-10(14)7-11(12)15/h4-5,7,9H,2-3,6,8,15H2,1H3. The van der Waals surface area contributed by atoms with Crippen LogP contribution in [0.3, 0.4) is 0 Å². The lowest BCUT2D eigenvalue weighted by Crippen LogP contribution is -2.42. The van der Waals surface area contributed by atoms with Gasteiger partial charge in [-0.1, -0.05) is 0 Å². The molecule has 1 aliphatic heterocycles. The molecule has 21 heavy (non-hydrogen) atoms. The molecular weight excluding hydrogens is 299 g/mol. The van der Waals surface area contributed by atoms with Crippen molar-refractivity contribution in [2.24, 2.45) is 5.92 Å². The third-order valence-corrected chi connectivity index (χ3v) is 5.45. The van der Waals surface area contributed by atoms with E-state index in [1.54, 1.807) is 0 Å². The molecule has 0 bridgehead atoms. The van der Waals surface area contributed by atoms with Crippen LogP contribution in [-0.4, -0.2) is 38.9 Å². The van der Waals surface area contributed by atoms with Crippen LogP contribution in [0.5, 0.6) is 0 Å². The minimum absolute atomic E-state index is 0.0474. The number of piperidine rings is 1. The predicted molar refractivity (Wildman–Crippen MR) is 74.3 cm³/mol. The zero-order valence-corrected chi connectivity index (χ0v) is 12.4. The van der Waals surface area contributed by atoms with Gasteiger partial charge in [0.1, 0.15) is 10.7 Å². The normalized spacial score (nSPS) is 20.2. The Balaban J connectivity index is 2.28. The Labute approximate surface area is 122 Å². The minimum Gasteiger partial charge on any atom is -0.469 e. The summed E-state index contributed by atoms with van der Waals surface area (Å²) in [7, 11) is -2.58. The summed E-state index contributed by atoms with van der Waals surface area (Å²) in [6, 6.07) is 3.15. The molecule has 8 heteroatoms. The average Bonchev–Trinajstić information content (AvgIpc) is 2.46. The van der Waals surface area contributed by atoms with Gasteiger partial charge in [0.25, 0.3) is 0 Å². The maximum atomic E-state index is 13.0. The average molecular weight is 316 g/mol. The van der Waals surface area contributed by atoms with E-state index in [2.05, 4.69) is 4.74 Å². The van der Waals surface area contributed by atoms with Crippen LogP contribution in [0.25, 0.3) is 0 Å². The van der Waals surface area contributed by atoms with Crippen LogP contribution in [0.15, 0.2) is 23.1 Å². The second-order valence-electron chi connectivity index (χ2n) is 4.91. The lowest BCUT2D eigenvalue weighted by molar-refractivity contribution is -0.146. The molecule has 1 aliphatic rings. The number of methoxy groups -OCH3 is 1. The molecule has 1 saturated heterocycles. The molecule has 1 heterocycles. The van der Waals surface area contributed by atoms with E-state index in [4.69, 9.17) is 5.73 Å². The number of nitrogens with zero attached hydrogens (tertiary/aromatic N) is 1. The molecule has 2 N–H and O–H groups in total. The van der Waals surface area contributed by atoms with Gasteiger partial charge in [-0.25, -0.2) is 12.8 Å². The van der Waals surface area contributed by atoms with Gasteiger partial charge in [-0.05, 0) is 31.0 Å². The smallest absolute Gasteiger partial charge is 0.309 e. The van der Waals surface area contributed by atoms with E-state index < -0.39 is 27.7 Å². The van der Waals surface area contributed by atoms with Gasteiger partial charge in [-0.15, -0.1) is 0 Å². The number of sulfonamides is 1. The number of esters is 1. The molecule has 2 rings (SSSR count). The summed E-state index contributed by atoms with van der Waals surface area (Å²) in [5, 5.41) is 0. The molecule has 1 unspecified atom stereocenters. The van der Waals surface area contributed by atoms with Crippen molar-refractivity contribution in [1.82, 2.24) is 4.31 Å². The van der Waals surface area contributed by atoms with Gasteiger partial charge in [0.15, 0.2) is 0 Å². The van der Waals surface area contributed by atoms with Gasteiger partial charge in [-0.2, -0.15) is 4.31 Å². The van der Waals surface area contributed by atoms with Crippen LogP contribution in [0, 0.1) is 11.7 Å². The number of carbonyl (C=O) groups is 1. The molecule has 0 radical (unpaired) electrons. The quantitative estimate of drug-likeness (QED) is 0.663. The second-order valence-corrected chi connectivity index (χ2v) is 6.81. The molecule has 0 spiro atoms. The van der Waals surface area contributed by atoms with Crippen molar-refractivity contribution in [3.05, 3.63) is 24.0 Å². The van der Waals surface area contributed by atoms with Crippen LogP contribution >= 0.6 is 0 Å². The number of hydrogen-bond acceptors (Lipinski definition) is 5. The van der Waals surface area contributed by atoms with E-state index in [1.807, 2.05) is 0 Å². The van der Waals surface area contributed by atoms with E-state index in [0.29, 0.717) is 19.4 Å². The number of nitrogen functional groups attached to an aromatic ring is 1. The maximum Gasteiger partial charge on any atom is 0.309 e. The van der Waals surface area contributed by atoms with E-state index in [0.717, 1.165) is 18.2 Å². The first-order valence-electron chi connectivity index (χ1n) is 6.49. The van der Waals surface area contributed by atoms with Crippen molar-refractivity contribution in [2.45, 2.75) is 17.7 Å². The first-order chi connectivity index (χ1) is 9.86. The molecule has 1 atom stereocenters. The van der Waals surface area contributed by atoms with Gasteiger partial charge in [-0.3, -0.25) is 4.79 Å². The topological polar surface area (TPSA) is 89.7 Å². The SMILES string of the molecule is COC(=O)C1CCCN(S(=O)(=O)c2ccc(F)cc2N)C1. The summed E-state index contributed by atoms with van der Waals surface area (Å²) in [5.74, 6) is -1.51. The summed E-state index contributed by atoms with van der Waals surface area (Å²) in [4.78, 5) is 11.4. The Morgan fingerprint density at radius 2 is 2.19 bits per heavy atom. The summed E-state index contributed by atoms with van der Waals surface area (Å²) >= 11 is 0. The summed E-state index contributed by atoms with van der Waals surface area (Å²) in [6.07, 6.45) is 1.14. The predicted octanol–water partition coefficient (Wildman–Crippen LogP) is 0.982.